The number of hydrogen-bond donors (Lipinski definition) is 2. The van der Waals surface area contributed by atoms with Gasteiger partial charge in [-0.25, -0.2) is 14.8 Å². The molecule has 0 atom stereocenters. The Hall–Kier alpha value is -1.69. The summed E-state index contributed by atoms with van der Waals surface area (Å²) >= 11 is 0. The van der Waals surface area contributed by atoms with Gasteiger partial charge in [0, 0.05) is 17.9 Å². The van der Waals surface area contributed by atoms with Gasteiger partial charge in [0.25, 0.3) is 0 Å². The number of hydrogen-bond acceptors (Lipinski definition) is 4. The van der Waals surface area contributed by atoms with Crippen molar-refractivity contribution in [3.8, 4) is 0 Å². The zero-order chi connectivity index (χ0) is 17.4. The molecule has 0 aromatic carbocycles. The lowest BCUT2D eigenvalue weighted by atomic mass is 9.63. The number of rotatable bonds is 4. The third kappa shape index (κ3) is 4.04. The summed E-state index contributed by atoms with van der Waals surface area (Å²) in [5.74, 6) is 1.32. The van der Waals surface area contributed by atoms with E-state index in [0.717, 1.165) is 38.1 Å². The van der Waals surface area contributed by atoms with Gasteiger partial charge in [0.1, 0.15) is 5.82 Å². The first-order valence-electron chi connectivity index (χ1n) is 8.78. The third-order valence-corrected chi connectivity index (χ3v) is 4.82. The lowest BCUT2D eigenvalue weighted by molar-refractivity contribution is 0.0190. The Balaban J connectivity index is 1.44. The van der Waals surface area contributed by atoms with Gasteiger partial charge in [-0.2, -0.15) is 0 Å². The predicted molar refractivity (Wildman–Crippen MR) is 92.8 cm³/mol. The molecule has 1 aromatic heterocycles. The first-order valence-corrected chi connectivity index (χ1v) is 8.78. The Kier molecular flexibility index (Phi) is 4.51. The van der Waals surface area contributed by atoms with E-state index >= 15 is 0 Å². The molecule has 2 aliphatic rings. The second kappa shape index (κ2) is 6.31. The smallest absolute Gasteiger partial charge is 0.319 e. The van der Waals surface area contributed by atoms with Crippen molar-refractivity contribution in [1.29, 1.82) is 0 Å². The van der Waals surface area contributed by atoms with Crippen LogP contribution >= 0.6 is 0 Å². The van der Waals surface area contributed by atoms with Crippen molar-refractivity contribution in [2.75, 3.05) is 11.9 Å². The van der Waals surface area contributed by atoms with Crippen LogP contribution in [0.4, 0.5) is 10.5 Å². The van der Waals surface area contributed by atoms with E-state index in [1.54, 1.807) is 12.4 Å². The number of carbonyl (C=O) groups excluding carboxylic acids is 1. The summed E-state index contributed by atoms with van der Waals surface area (Å²) < 4.78 is 5.84. The molecule has 1 spiro atoms. The van der Waals surface area contributed by atoms with Crippen molar-refractivity contribution in [3.05, 3.63) is 18.2 Å². The van der Waals surface area contributed by atoms with E-state index in [1.165, 1.54) is 0 Å². The van der Waals surface area contributed by atoms with Crippen molar-refractivity contribution < 1.29 is 9.53 Å². The van der Waals surface area contributed by atoms with Crippen LogP contribution in [0.25, 0.3) is 0 Å². The predicted octanol–water partition coefficient (Wildman–Crippen LogP) is 3.14. The third-order valence-electron chi connectivity index (χ3n) is 4.82. The fraction of sp³-hybridized carbons (Fsp3) is 0.722. The second-order valence-corrected chi connectivity index (χ2v) is 8.41. The zero-order valence-electron chi connectivity index (χ0n) is 15.1. The summed E-state index contributed by atoms with van der Waals surface area (Å²) in [5.41, 5.74) is 0.866. The topological polar surface area (TPSA) is 76.1 Å². The van der Waals surface area contributed by atoms with Gasteiger partial charge in [0.15, 0.2) is 0 Å². The summed E-state index contributed by atoms with van der Waals surface area (Å²) in [6, 6.07) is 0.0388. The van der Waals surface area contributed by atoms with Gasteiger partial charge in [0.2, 0.25) is 0 Å². The molecule has 2 amide bonds. The Morgan fingerprint density at radius 3 is 2.54 bits per heavy atom. The molecule has 6 heteroatoms. The summed E-state index contributed by atoms with van der Waals surface area (Å²) in [4.78, 5) is 20.7. The number of carbonyl (C=O) groups is 1. The van der Waals surface area contributed by atoms with Crippen LogP contribution in [-0.2, 0) is 11.2 Å². The molecule has 132 valence electrons. The van der Waals surface area contributed by atoms with Crippen LogP contribution in [0.3, 0.4) is 0 Å². The number of nitrogens with zero attached hydrogens (tertiary/aromatic N) is 2. The van der Waals surface area contributed by atoms with Gasteiger partial charge < -0.3 is 15.4 Å². The van der Waals surface area contributed by atoms with Crippen LogP contribution in [0, 0.1) is 11.3 Å². The van der Waals surface area contributed by atoms with Crippen molar-refractivity contribution in [1.82, 2.24) is 15.3 Å². The average molecular weight is 332 g/mol. The van der Waals surface area contributed by atoms with Crippen molar-refractivity contribution in [2.45, 2.75) is 65.0 Å². The van der Waals surface area contributed by atoms with E-state index in [9.17, 15) is 4.79 Å². The van der Waals surface area contributed by atoms with E-state index in [1.807, 2.05) is 0 Å². The van der Waals surface area contributed by atoms with Crippen molar-refractivity contribution >= 4 is 11.7 Å². The van der Waals surface area contributed by atoms with Gasteiger partial charge in [-0.15, -0.1) is 0 Å². The van der Waals surface area contributed by atoms with Crippen molar-refractivity contribution in [2.24, 2.45) is 11.3 Å². The van der Waals surface area contributed by atoms with E-state index in [4.69, 9.17) is 4.74 Å². The maximum atomic E-state index is 12.1. The number of anilines is 1. The largest absolute Gasteiger partial charge is 0.375 e. The molecule has 1 aliphatic carbocycles. The molecule has 24 heavy (non-hydrogen) atoms. The lowest BCUT2D eigenvalue weighted by Crippen LogP contribution is -2.52. The molecule has 2 fully saturated rings. The fourth-order valence-corrected chi connectivity index (χ4v) is 3.95. The molecule has 6 nitrogen and oxygen atoms in total. The van der Waals surface area contributed by atoms with Gasteiger partial charge >= 0.3 is 6.03 Å². The quantitative estimate of drug-likeness (QED) is 0.888. The van der Waals surface area contributed by atoms with Crippen molar-refractivity contribution in [3.63, 3.8) is 0 Å². The first-order chi connectivity index (χ1) is 11.3. The molecule has 1 saturated carbocycles. The maximum absolute atomic E-state index is 12.1. The van der Waals surface area contributed by atoms with E-state index in [-0.39, 0.29) is 23.1 Å². The summed E-state index contributed by atoms with van der Waals surface area (Å²) in [7, 11) is 0. The minimum absolute atomic E-state index is 0.0255. The second-order valence-electron chi connectivity index (χ2n) is 8.41. The van der Waals surface area contributed by atoms with Gasteiger partial charge in [-0.3, -0.25) is 0 Å². The van der Waals surface area contributed by atoms with E-state index in [0.29, 0.717) is 11.6 Å². The molecule has 1 saturated heterocycles. The van der Waals surface area contributed by atoms with Crippen LogP contribution in [0.5, 0.6) is 0 Å². The molecular formula is C18H28N4O2. The number of aromatic nitrogens is 2. The molecule has 0 radical (unpaired) electrons. The molecule has 2 N–H and O–H groups in total. The minimum atomic E-state index is -0.187. The Bertz CT molecular complexity index is 592. The fourth-order valence-electron chi connectivity index (χ4n) is 3.95. The van der Waals surface area contributed by atoms with Gasteiger partial charge in [0.05, 0.1) is 30.3 Å². The molecule has 0 unspecified atom stereocenters. The zero-order valence-corrected chi connectivity index (χ0v) is 15.1. The number of amides is 2. The monoisotopic (exact) mass is 332 g/mol. The number of ether oxygens (including phenoxy) is 1. The van der Waals surface area contributed by atoms with Crippen LogP contribution in [-0.4, -0.2) is 34.2 Å². The summed E-state index contributed by atoms with van der Waals surface area (Å²) in [6.07, 6.45) is 7.24. The lowest BCUT2D eigenvalue weighted by Gasteiger charge is -2.44. The molecule has 1 aromatic rings. The standard InChI is InChI=1S/C18H28N4O2/c1-12(2)5-15-19-8-14(9-20-15)22-16(23)21-13-6-18(7-13)10-17(3,4)24-11-18/h8-9,12-13H,5-7,10-11H2,1-4H3,(H2,21,22,23). The van der Waals surface area contributed by atoms with Crippen LogP contribution < -0.4 is 10.6 Å². The highest BCUT2D eigenvalue weighted by Gasteiger charge is 2.52. The van der Waals surface area contributed by atoms with E-state index in [2.05, 4.69) is 48.3 Å². The normalized spacial score (nSPS) is 28.0. The highest BCUT2D eigenvalue weighted by molar-refractivity contribution is 5.89. The molecular weight excluding hydrogens is 304 g/mol. The SMILES string of the molecule is CC(C)Cc1ncc(NC(=O)NC2CC3(COC(C)(C)C3)C2)cn1. The molecule has 2 heterocycles. The van der Waals surface area contributed by atoms with Gasteiger partial charge in [-0.05, 0) is 39.0 Å². The Morgan fingerprint density at radius 2 is 2.00 bits per heavy atom. The molecule has 3 rings (SSSR count). The maximum Gasteiger partial charge on any atom is 0.319 e. The van der Waals surface area contributed by atoms with E-state index < -0.39 is 0 Å². The van der Waals surface area contributed by atoms with Crippen LogP contribution in [0.1, 0.15) is 52.8 Å². The Labute approximate surface area is 143 Å². The van der Waals surface area contributed by atoms with Gasteiger partial charge in [-0.1, -0.05) is 13.8 Å². The summed E-state index contributed by atoms with van der Waals surface area (Å²) in [6.45, 7) is 9.34. The Morgan fingerprint density at radius 1 is 1.33 bits per heavy atom. The highest BCUT2D eigenvalue weighted by atomic mass is 16.5. The van der Waals surface area contributed by atoms with Crippen LogP contribution in [0.15, 0.2) is 12.4 Å². The highest BCUT2D eigenvalue weighted by Crippen LogP contribution is 2.52. The minimum Gasteiger partial charge on any atom is -0.375 e. The van der Waals surface area contributed by atoms with Crippen LogP contribution in [0.2, 0.25) is 0 Å². The molecule has 1 aliphatic heterocycles. The summed E-state index contributed by atoms with van der Waals surface area (Å²) in [5, 5.41) is 5.84. The molecule has 0 bridgehead atoms. The first kappa shape index (κ1) is 17.1. The number of urea groups is 1. The number of nitrogens with one attached hydrogen (secondary N) is 2. The average Bonchev–Trinajstić information content (AvgIpc) is 2.76.